The van der Waals surface area contributed by atoms with Crippen molar-refractivity contribution in [3.05, 3.63) is 23.8 Å². The van der Waals surface area contributed by atoms with Crippen LogP contribution in [0.25, 0.3) is 0 Å². The Hall–Kier alpha value is -2.24. The van der Waals surface area contributed by atoms with E-state index in [-0.39, 0.29) is 23.6 Å². The molecule has 19 heavy (non-hydrogen) atoms. The Morgan fingerprint density at radius 2 is 2.00 bits per heavy atom. The van der Waals surface area contributed by atoms with Crippen LogP contribution in [0.1, 0.15) is 17.3 Å². The van der Waals surface area contributed by atoms with Gasteiger partial charge in [-0.15, -0.1) is 0 Å². The number of rotatable bonds is 4. The molecule has 1 unspecified atom stereocenters. The number of carbonyl (C=O) groups is 2. The van der Waals surface area contributed by atoms with Crippen molar-refractivity contribution in [2.24, 2.45) is 5.92 Å². The second-order valence-corrected chi connectivity index (χ2v) is 4.31. The Balaban J connectivity index is 2.79. The van der Waals surface area contributed by atoms with Gasteiger partial charge in [0, 0.05) is 19.7 Å². The molecule has 0 bridgehead atoms. The summed E-state index contributed by atoms with van der Waals surface area (Å²) in [5.41, 5.74) is 0.0670. The average Bonchev–Trinajstić information content (AvgIpc) is 2.36. The molecule has 0 aromatic heterocycles. The molecule has 0 saturated heterocycles. The number of nitrogens with zero attached hydrogens (tertiary/aromatic N) is 1. The van der Waals surface area contributed by atoms with Gasteiger partial charge in [-0.3, -0.25) is 9.59 Å². The first-order valence-electron chi connectivity index (χ1n) is 5.72. The lowest BCUT2D eigenvalue weighted by Gasteiger charge is -2.20. The SMILES string of the molecule is COC(=O)C(C)CN(C)C(=O)c1ccc(O)cc1O. The van der Waals surface area contributed by atoms with Crippen LogP contribution in [0, 0.1) is 5.92 Å². The number of hydrogen-bond acceptors (Lipinski definition) is 5. The maximum Gasteiger partial charge on any atom is 0.310 e. The van der Waals surface area contributed by atoms with Crippen LogP contribution in [0.3, 0.4) is 0 Å². The third-order valence-corrected chi connectivity index (χ3v) is 2.71. The summed E-state index contributed by atoms with van der Waals surface area (Å²) < 4.78 is 4.58. The normalized spacial score (nSPS) is 11.7. The van der Waals surface area contributed by atoms with E-state index in [4.69, 9.17) is 5.11 Å². The molecular formula is C13H17NO5. The minimum absolute atomic E-state index is 0.0670. The van der Waals surface area contributed by atoms with Gasteiger partial charge in [0.25, 0.3) is 5.91 Å². The van der Waals surface area contributed by atoms with Crippen molar-refractivity contribution in [1.82, 2.24) is 4.90 Å². The fourth-order valence-corrected chi connectivity index (χ4v) is 1.68. The van der Waals surface area contributed by atoms with E-state index in [1.807, 2.05) is 0 Å². The molecule has 0 saturated carbocycles. The van der Waals surface area contributed by atoms with E-state index in [0.29, 0.717) is 0 Å². The van der Waals surface area contributed by atoms with Gasteiger partial charge in [-0.05, 0) is 12.1 Å². The van der Waals surface area contributed by atoms with E-state index in [1.54, 1.807) is 6.92 Å². The van der Waals surface area contributed by atoms with Gasteiger partial charge in [0.05, 0.1) is 18.6 Å². The maximum absolute atomic E-state index is 12.1. The molecule has 0 aliphatic rings. The van der Waals surface area contributed by atoms with Gasteiger partial charge in [0.2, 0.25) is 0 Å². The predicted octanol–water partition coefficient (Wildman–Crippen LogP) is 0.979. The summed E-state index contributed by atoms with van der Waals surface area (Å²) in [4.78, 5) is 24.6. The summed E-state index contributed by atoms with van der Waals surface area (Å²) in [5, 5.41) is 18.8. The second-order valence-electron chi connectivity index (χ2n) is 4.31. The minimum atomic E-state index is -0.460. The highest BCUT2D eigenvalue weighted by Crippen LogP contribution is 2.23. The van der Waals surface area contributed by atoms with E-state index in [2.05, 4.69) is 4.74 Å². The lowest BCUT2D eigenvalue weighted by Crippen LogP contribution is -2.34. The largest absolute Gasteiger partial charge is 0.508 e. The molecular weight excluding hydrogens is 250 g/mol. The Bertz CT molecular complexity index is 486. The van der Waals surface area contributed by atoms with Crippen LogP contribution in [-0.2, 0) is 9.53 Å². The van der Waals surface area contributed by atoms with E-state index in [1.165, 1.54) is 31.2 Å². The third-order valence-electron chi connectivity index (χ3n) is 2.71. The zero-order valence-corrected chi connectivity index (χ0v) is 11.1. The Morgan fingerprint density at radius 3 is 2.53 bits per heavy atom. The van der Waals surface area contributed by atoms with Crippen molar-refractivity contribution in [2.45, 2.75) is 6.92 Å². The van der Waals surface area contributed by atoms with Crippen molar-refractivity contribution in [2.75, 3.05) is 20.7 Å². The van der Waals surface area contributed by atoms with Crippen LogP contribution in [0.2, 0.25) is 0 Å². The number of esters is 1. The van der Waals surface area contributed by atoms with E-state index in [0.717, 1.165) is 6.07 Å². The topological polar surface area (TPSA) is 87.1 Å². The summed E-state index contributed by atoms with van der Waals surface area (Å²) in [5.74, 6) is -1.73. The maximum atomic E-state index is 12.1. The molecule has 2 N–H and O–H groups in total. The van der Waals surface area contributed by atoms with Gasteiger partial charge >= 0.3 is 5.97 Å². The second kappa shape index (κ2) is 6.08. The van der Waals surface area contributed by atoms with E-state index >= 15 is 0 Å². The van der Waals surface area contributed by atoms with Crippen LogP contribution in [0.4, 0.5) is 0 Å². The molecule has 1 rings (SSSR count). The van der Waals surface area contributed by atoms with Crippen LogP contribution in [-0.4, -0.2) is 47.7 Å². The Labute approximate surface area is 111 Å². The minimum Gasteiger partial charge on any atom is -0.508 e. The number of amides is 1. The van der Waals surface area contributed by atoms with Crippen LogP contribution in [0.5, 0.6) is 11.5 Å². The Kier molecular flexibility index (Phi) is 4.74. The molecule has 6 heteroatoms. The van der Waals surface area contributed by atoms with E-state index < -0.39 is 17.8 Å². The molecule has 1 aromatic carbocycles. The number of aromatic hydroxyl groups is 2. The zero-order chi connectivity index (χ0) is 14.6. The first-order chi connectivity index (χ1) is 8.86. The number of carbonyl (C=O) groups excluding carboxylic acids is 2. The highest BCUT2D eigenvalue weighted by atomic mass is 16.5. The zero-order valence-electron chi connectivity index (χ0n) is 11.1. The lowest BCUT2D eigenvalue weighted by atomic mass is 10.1. The molecule has 104 valence electrons. The van der Waals surface area contributed by atoms with Gasteiger partial charge in [-0.25, -0.2) is 0 Å². The molecule has 0 fully saturated rings. The van der Waals surface area contributed by atoms with Crippen LogP contribution in [0.15, 0.2) is 18.2 Å². The number of methoxy groups -OCH3 is 1. The third kappa shape index (κ3) is 3.61. The van der Waals surface area contributed by atoms with Crippen molar-refractivity contribution in [1.29, 1.82) is 0 Å². The highest BCUT2D eigenvalue weighted by molar-refractivity contribution is 5.97. The fraction of sp³-hybridized carbons (Fsp3) is 0.385. The monoisotopic (exact) mass is 267 g/mol. The molecule has 0 aliphatic heterocycles. The molecule has 1 aromatic rings. The van der Waals surface area contributed by atoms with Crippen molar-refractivity contribution < 1.29 is 24.5 Å². The van der Waals surface area contributed by atoms with Crippen LogP contribution < -0.4 is 0 Å². The summed E-state index contributed by atoms with van der Waals surface area (Å²) in [6.45, 7) is 1.82. The molecule has 1 atom stereocenters. The highest BCUT2D eigenvalue weighted by Gasteiger charge is 2.21. The first kappa shape index (κ1) is 14.8. The average molecular weight is 267 g/mol. The number of phenols is 2. The van der Waals surface area contributed by atoms with Crippen molar-refractivity contribution in [3.8, 4) is 11.5 Å². The molecule has 0 radical (unpaired) electrons. The van der Waals surface area contributed by atoms with Gasteiger partial charge in [0.1, 0.15) is 11.5 Å². The number of hydrogen-bond donors (Lipinski definition) is 2. The summed E-state index contributed by atoms with van der Waals surface area (Å²) >= 11 is 0. The smallest absolute Gasteiger partial charge is 0.310 e. The predicted molar refractivity (Wildman–Crippen MR) is 67.9 cm³/mol. The quantitative estimate of drug-likeness (QED) is 0.794. The molecule has 0 heterocycles. The van der Waals surface area contributed by atoms with Gasteiger partial charge < -0.3 is 19.8 Å². The number of phenolic OH excluding ortho intramolecular Hbond substituents is 2. The summed E-state index contributed by atoms with van der Waals surface area (Å²) in [6.07, 6.45) is 0. The van der Waals surface area contributed by atoms with E-state index in [9.17, 15) is 14.7 Å². The Morgan fingerprint density at radius 1 is 1.37 bits per heavy atom. The fourth-order valence-electron chi connectivity index (χ4n) is 1.68. The first-order valence-corrected chi connectivity index (χ1v) is 5.72. The standard InChI is InChI=1S/C13H17NO5/c1-8(13(18)19-3)7-14(2)12(17)10-5-4-9(15)6-11(10)16/h4-6,8,15-16H,7H2,1-3H3. The van der Waals surface area contributed by atoms with Gasteiger partial charge in [0.15, 0.2) is 0 Å². The van der Waals surface area contributed by atoms with Gasteiger partial charge in [-0.2, -0.15) is 0 Å². The van der Waals surface area contributed by atoms with Gasteiger partial charge in [-0.1, -0.05) is 6.92 Å². The van der Waals surface area contributed by atoms with Crippen LogP contribution >= 0.6 is 0 Å². The lowest BCUT2D eigenvalue weighted by molar-refractivity contribution is -0.145. The summed E-state index contributed by atoms with van der Waals surface area (Å²) in [7, 11) is 2.81. The van der Waals surface area contributed by atoms with Crippen molar-refractivity contribution >= 4 is 11.9 Å². The number of ether oxygens (including phenoxy) is 1. The molecule has 1 amide bonds. The van der Waals surface area contributed by atoms with Crippen molar-refractivity contribution in [3.63, 3.8) is 0 Å². The molecule has 0 spiro atoms. The summed E-state index contributed by atoms with van der Waals surface area (Å²) in [6, 6.07) is 3.72. The number of benzene rings is 1. The molecule has 6 nitrogen and oxygen atoms in total. The molecule has 0 aliphatic carbocycles.